The maximum atomic E-state index is 12.6. The molecule has 0 unspecified atom stereocenters. The summed E-state index contributed by atoms with van der Waals surface area (Å²) in [5, 5.41) is 0.983. The van der Waals surface area contributed by atoms with Gasteiger partial charge in [-0.1, -0.05) is 23.2 Å². The second-order valence-electron chi connectivity index (χ2n) is 7.05. The Labute approximate surface area is 169 Å². The largest absolute Gasteiger partial charge is 0.496 e. The van der Waals surface area contributed by atoms with Crippen molar-refractivity contribution in [3.63, 3.8) is 0 Å². The van der Waals surface area contributed by atoms with Crippen LogP contribution in [-0.2, 0) is 14.3 Å². The molecular weight excluding hydrogens is 391 g/mol. The molecule has 2 saturated heterocycles. The van der Waals surface area contributed by atoms with Crippen molar-refractivity contribution in [2.75, 3.05) is 33.9 Å². The zero-order chi connectivity index (χ0) is 19.7. The van der Waals surface area contributed by atoms with E-state index < -0.39 is 0 Å². The third kappa shape index (κ3) is 3.75. The SMILES string of the molecule is COCC(=O)N1CC(=O)N2CC[C@@H](c3c(OC)ccc(Cl)c3Cl)C[C@H]2[C@@H]1C. The highest BCUT2D eigenvalue weighted by atomic mass is 35.5. The minimum atomic E-state index is -0.168. The Morgan fingerprint density at radius 3 is 2.70 bits per heavy atom. The standard InChI is InChI=1S/C19H24Cl2N2O4/c1-11-14-8-12(18-15(27-3)5-4-13(20)19(18)21)6-7-22(14)16(24)9-23(11)17(25)10-26-2/h4-5,11-12,14H,6-10H2,1-3H3/t11-,12+,14-/m0/s1. The van der Waals surface area contributed by atoms with Crippen molar-refractivity contribution >= 4 is 35.0 Å². The second kappa shape index (κ2) is 8.25. The number of piperazine rings is 1. The number of piperidine rings is 1. The Kier molecular flexibility index (Phi) is 6.18. The van der Waals surface area contributed by atoms with Crippen molar-refractivity contribution in [3.05, 3.63) is 27.7 Å². The summed E-state index contributed by atoms with van der Waals surface area (Å²) >= 11 is 12.7. The minimum absolute atomic E-state index is 0.0230. The van der Waals surface area contributed by atoms with Crippen LogP contribution in [0.25, 0.3) is 0 Å². The number of nitrogens with zero attached hydrogens (tertiary/aromatic N) is 2. The highest BCUT2D eigenvalue weighted by Crippen LogP contribution is 2.44. The van der Waals surface area contributed by atoms with Gasteiger partial charge in [-0.25, -0.2) is 0 Å². The van der Waals surface area contributed by atoms with E-state index in [1.54, 1.807) is 18.1 Å². The van der Waals surface area contributed by atoms with Gasteiger partial charge in [0.2, 0.25) is 11.8 Å². The van der Waals surface area contributed by atoms with Crippen molar-refractivity contribution in [2.24, 2.45) is 0 Å². The smallest absolute Gasteiger partial charge is 0.249 e. The number of benzene rings is 1. The first-order chi connectivity index (χ1) is 12.9. The van der Waals surface area contributed by atoms with E-state index in [2.05, 4.69) is 0 Å². The van der Waals surface area contributed by atoms with Crippen LogP contribution >= 0.6 is 23.2 Å². The third-order valence-corrected chi connectivity index (χ3v) is 6.45. The van der Waals surface area contributed by atoms with Gasteiger partial charge in [-0.15, -0.1) is 0 Å². The molecule has 0 aromatic heterocycles. The summed E-state index contributed by atoms with van der Waals surface area (Å²) in [6.45, 7) is 2.68. The van der Waals surface area contributed by atoms with Crippen LogP contribution in [0.5, 0.6) is 5.75 Å². The summed E-state index contributed by atoms with van der Waals surface area (Å²) < 4.78 is 10.5. The van der Waals surface area contributed by atoms with Gasteiger partial charge in [0.1, 0.15) is 18.9 Å². The predicted octanol–water partition coefficient (Wildman–Crippen LogP) is 2.95. The monoisotopic (exact) mass is 414 g/mol. The zero-order valence-corrected chi connectivity index (χ0v) is 17.2. The fourth-order valence-corrected chi connectivity index (χ4v) is 4.72. The van der Waals surface area contributed by atoms with Gasteiger partial charge < -0.3 is 19.3 Å². The van der Waals surface area contributed by atoms with Gasteiger partial charge in [0, 0.05) is 25.3 Å². The molecule has 2 fully saturated rings. The van der Waals surface area contributed by atoms with Crippen molar-refractivity contribution in [3.8, 4) is 5.75 Å². The molecule has 0 saturated carbocycles. The first-order valence-electron chi connectivity index (χ1n) is 8.98. The number of methoxy groups -OCH3 is 2. The number of carbonyl (C=O) groups is 2. The average Bonchev–Trinajstić information content (AvgIpc) is 2.66. The molecule has 0 aliphatic carbocycles. The van der Waals surface area contributed by atoms with Crippen LogP contribution in [0, 0.1) is 0 Å². The van der Waals surface area contributed by atoms with Gasteiger partial charge in [-0.3, -0.25) is 9.59 Å². The molecular formula is C19H24Cl2N2O4. The number of hydrogen-bond acceptors (Lipinski definition) is 4. The Morgan fingerprint density at radius 2 is 2.04 bits per heavy atom. The highest BCUT2D eigenvalue weighted by molar-refractivity contribution is 6.42. The molecule has 1 aromatic rings. The molecule has 3 atom stereocenters. The molecule has 8 heteroatoms. The third-order valence-electron chi connectivity index (χ3n) is 5.63. The van der Waals surface area contributed by atoms with E-state index in [9.17, 15) is 9.59 Å². The maximum absolute atomic E-state index is 12.6. The lowest BCUT2D eigenvalue weighted by Crippen LogP contribution is -2.64. The van der Waals surface area contributed by atoms with Gasteiger partial charge in [-0.05, 0) is 37.8 Å². The summed E-state index contributed by atoms with van der Waals surface area (Å²) in [6, 6.07) is 3.36. The fraction of sp³-hybridized carbons (Fsp3) is 0.579. The van der Waals surface area contributed by atoms with Gasteiger partial charge in [0.25, 0.3) is 0 Å². The number of fused-ring (bicyclic) bond motifs is 1. The van der Waals surface area contributed by atoms with E-state index in [0.29, 0.717) is 28.8 Å². The lowest BCUT2D eigenvalue weighted by Gasteiger charge is -2.50. The summed E-state index contributed by atoms with van der Waals surface area (Å²) in [7, 11) is 3.08. The molecule has 2 heterocycles. The van der Waals surface area contributed by atoms with Crippen molar-refractivity contribution < 1.29 is 19.1 Å². The van der Waals surface area contributed by atoms with Crippen LogP contribution < -0.4 is 4.74 Å². The van der Waals surface area contributed by atoms with Crippen LogP contribution in [-0.4, -0.2) is 67.6 Å². The van der Waals surface area contributed by atoms with Crippen LogP contribution in [0.3, 0.4) is 0 Å². The Morgan fingerprint density at radius 1 is 1.30 bits per heavy atom. The normalized spacial score (nSPS) is 25.4. The predicted molar refractivity (Wildman–Crippen MR) is 104 cm³/mol. The Balaban J connectivity index is 1.88. The lowest BCUT2D eigenvalue weighted by atomic mass is 9.81. The van der Waals surface area contributed by atoms with E-state index in [0.717, 1.165) is 12.0 Å². The number of rotatable bonds is 4. The molecule has 6 nitrogen and oxygen atoms in total. The van der Waals surface area contributed by atoms with E-state index in [1.807, 2.05) is 17.9 Å². The lowest BCUT2D eigenvalue weighted by molar-refractivity contribution is -0.156. The van der Waals surface area contributed by atoms with E-state index in [1.165, 1.54) is 7.11 Å². The summed E-state index contributed by atoms with van der Waals surface area (Å²) in [5.41, 5.74) is 0.881. The fourth-order valence-electron chi connectivity index (χ4n) is 4.24. The summed E-state index contributed by atoms with van der Waals surface area (Å²) in [6.07, 6.45) is 1.47. The number of carbonyl (C=O) groups excluding carboxylic acids is 2. The number of hydrogen-bond donors (Lipinski definition) is 0. The minimum Gasteiger partial charge on any atom is -0.496 e. The summed E-state index contributed by atoms with van der Waals surface area (Å²) in [5.74, 6) is 0.605. The molecule has 0 radical (unpaired) electrons. The quantitative estimate of drug-likeness (QED) is 0.759. The molecule has 148 valence electrons. The van der Waals surface area contributed by atoms with Crippen LogP contribution in [0.15, 0.2) is 12.1 Å². The highest BCUT2D eigenvalue weighted by Gasteiger charge is 2.44. The Hall–Kier alpha value is -1.50. The van der Waals surface area contributed by atoms with E-state index in [-0.39, 0.29) is 43.0 Å². The number of halogens is 2. The van der Waals surface area contributed by atoms with Gasteiger partial charge in [-0.2, -0.15) is 0 Å². The Bertz CT molecular complexity index is 743. The first-order valence-corrected chi connectivity index (χ1v) is 9.74. The molecule has 1 aromatic carbocycles. The van der Waals surface area contributed by atoms with Gasteiger partial charge in [0.05, 0.1) is 23.2 Å². The van der Waals surface area contributed by atoms with Gasteiger partial charge in [0.15, 0.2) is 0 Å². The zero-order valence-electron chi connectivity index (χ0n) is 15.7. The van der Waals surface area contributed by atoms with E-state index in [4.69, 9.17) is 32.7 Å². The molecule has 27 heavy (non-hydrogen) atoms. The number of ether oxygens (including phenoxy) is 2. The van der Waals surface area contributed by atoms with Crippen molar-refractivity contribution in [2.45, 2.75) is 37.8 Å². The van der Waals surface area contributed by atoms with Crippen LogP contribution in [0.2, 0.25) is 10.0 Å². The van der Waals surface area contributed by atoms with E-state index >= 15 is 0 Å². The maximum Gasteiger partial charge on any atom is 0.249 e. The van der Waals surface area contributed by atoms with Crippen molar-refractivity contribution in [1.29, 1.82) is 0 Å². The summed E-state index contributed by atoms with van der Waals surface area (Å²) in [4.78, 5) is 28.5. The molecule has 2 aliphatic rings. The number of amides is 2. The first kappa shape index (κ1) is 20.2. The molecule has 3 rings (SSSR count). The molecule has 2 amide bonds. The molecule has 0 N–H and O–H groups in total. The van der Waals surface area contributed by atoms with Gasteiger partial charge >= 0.3 is 0 Å². The van der Waals surface area contributed by atoms with Crippen molar-refractivity contribution in [1.82, 2.24) is 9.80 Å². The topological polar surface area (TPSA) is 59.1 Å². The molecule has 2 aliphatic heterocycles. The molecule has 0 bridgehead atoms. The van der Waals surface area contributed by atoms with Crippen LogP contribution in [0.1, 0.15) is 31.2 Å². The molecule has 0 spiro atoms. The average molecular weight is 415 g/mol. The second-order valence-corrected chi connectivity index (χ2v) is 7.83. The van der Waals surface area contributed by atoms with Crippen LogP contribution in [0.4, 0.5) is 0 Å².